The molecule has 1 aromatic carbocycles. The fourth-order valence-corrected chi connectivity index (χ4v) is 2.85. The number of rotatable bonds is 11. The molecule has 0 heterocycles. The van der Waals surface area contributed by atoms with Gasteiger partial charge in [-0.2, -0.15) is 0 Å². The SMILES string of the molecule is CCCCCCCCCC(Cl)c1cc(OC)ccc1OC. The maximum absolute atomic E-state index is 6.55. The molecule has 1 atom stereocenters. The molecular weight excluding hydrogens is 284 g/mol. The first-order valence-electron chi connectivity index (χ1n) is 8.09. The second-order valence-corrected chi connectivity index (χ2v) is 6.01. The number of halogens is 1. The second-order valence-electron chi connectivity index (χ2n) is 5.49. The summed E-state index contributed by atoms with van der Waals surface area (Å²) in [4.78, 5) is 0. The molecule has 0 saturated carbocycles. The van der Waals surface area contributed by atoms with Crippen molar-refractivity contribution in [1.82, 2.24) is 0 Å². The fraction of sp³-hybridized carbons (Fsp3) is 0.667. The molecule has 2 nitrogen and oxygen atoms in total. The van der Waals surface area contributed by atoms with E-state index in [1.807, 2.05) is 18.2 Å². The highest BCUT2D eigenvalue weighted by Crippen LogP contribution is 2.36. The van der Waals surface area contributed by atoms with E-state index in [-0.39, 0.29) is 5.38 Å². The monoisotopic (exact) mass is 312 g/mol. The number of methoxy groups -OCH3 is 2. The van der Waals surface area contributed by atoms with Crippen molar-refractivity contribution in [3.05, 3.63) is 23.8 Å². The largest absolute Gasteiger partial charge is 0.497 e. The van der Waals surface area contributed by atoms with Crippen LogP contribution in [-0.2, 0) is 0 Å². The lowest BCUT2D eigenvalue weighted by Gasteiger charge is -2.15. The van der Waals surface area contributed by atoms with Crippen LogP contribution in [0.4, 0.5) is 0 Å². The minimum atomic E-state index is -0.00862. The van der Waals surface area contributed by atoms with Crippen molar-refractivity contribution in [2.45, 2.75) is 63.7 Å². The molecule has 120 valence electrons. The lowest BCUT2D eigenvalue weighted by atomic mass is 10.0. The Morgan fingerprint density at radius 3 is 2.24 bits per heavy atom. The Bertz CT molecular complexity index is 393. The zero-order valence-corrected chi connectivity index (χ0v) is 14.4. The Morgan fingerprint density at radius 1 is 0.952 bits per heavy atom. The quantitative estimate of drug-likeness (QED) is 0.362. The number of hydrogen-bond acceptors (Lipinski definition) is 2. The van der Waals surface area contributed by atoms with Crippen molar-refractivity contribution >= 4 is 11.6 Å². The number of ether oxygens (including phenoxy) is 2. The molecule has 1 rings (SSSR count). The first-order chi connectivity index (χ1) is 10.2. The van der Waals surface area contributed by atoms with Gasteiger partial charge in [-0.25, -0.2) is 0 Å². The molecular formula is C18H29ClO2. The second kappa shape index (κ2) is 10.8. The van der Waals surface area contributed by atoms with Crippen LogP contribution >= 0.6 is 11.6 Å². The van der Waals surface area contributed by atoms with Crippen LogP contribution in [0.3, 0.4) is 0 Å². The molecule has 0 amide bonds. The standard InChI is InChI=1S/C18H29ClO2/c1-4-5-6-7-8-9-10-11-17(19)16-14-15(20-2)12-13-18(16)21-3/h12-14,17H,4-11H2,1-3H3. The highest BCUT2D eigenvalue weighted by molar-refractivity contribution is 6.21. The van der Waals surface area contributed by atoms with E-state index in [1.165, 1.54) is 44.9 Å². The van der Waals surface area contributed by atoms with Crippen LogP contribution in [-0.4, -0.2) is 14.2 Å². The normalized spacial score (nSPS) is 12.2. The van der Waals surface area contributed by atoms with Gasteiger partial charge in [0.05, 0.1) is 19.6 Å². The first kappa shape index (κ1) is 18.2. The van der Waals surface area contributed by atoms with E-state index < -0.39 is 0 Å². The van der Waals surface area contributed by atoms with Gasteiger partial charge in [-0.05, 0) is 24.6 Å². The zero-order chi connectivity index (χ0) is 15.5. The van der Waals surface area contributed by atoms with E-state index in [1.54, 1.807) is 14.2 Å². The highest BCUT2D eigenvalue weighted by Gasteiger charge is 2.14. The molecule has 0 bridgehead atoms. The van der Waals surface area contributed by atoms with Gasteiger partial charge in [0.25, 0.3) is 0 Å². The van der Waals surface area contributed by atoms with Crippen molar-refractivity contribution < 1.29 is 9.47 Å². The predicted molar refractivity (Wildman–Crippen MR) is 90.8 cm³/mol. The molecule has 21 heavy (non-hydrogen) atoms. The topological polar surface area (TPSA) is 18.5 Å². The molecule has 0 aliphatic rings. The summed E-state index contributed by atoms with van der Waals surface area (Å²) < 4.78 is 10.7. The van der Waals surface area contributed by atoms with Gasteiger partial charge in [0.2, 0.25) is 0 Å². The van der Waals surface area contributed by atoms with Gasteiger partial charge < -0.3 is 9.47 Å². The Balaban J connectivity index is 2.38. The molecule has 0 aromatic heterocycles. The van der Waals surface area contributed by atoms with Gasteiger partial charge in [-0.15, -0.1) is 11.6 Å². The van der Waals surface area contributed by atoms with Crippen LogP contribution < -0.4 is 9.47 Å². The molecule has 1 unspecified atom stereocenters. The summed E-state index contributed by atoms with van der Waals surface area (Å²) >= 11 is 6.55. The van der Waals surface area contributed by atoms with Crippen molar-refractivity contribution in [1.29, 1.82) is 0 Å². The molecule has 0 fully saturated rings. The van der Waals surface area contributed by atoms with E-state index in [2.05, 4.69) is 6.92 Å². The Morgan fingerprint density at radius 2 is 1.62 bits per heavy atom. The average Bonchev–Trinajstić information content (AvgIpc) is 2.53. The van der Waals surface area contributed by atoms with Crippen LogP contribution in [0.1, 0.15) is 69.2 Å². The van der Waals surface area contributed by atoms with Gasteiger partial charge in [0.15, 0.2) is 0 Å². The number of alkyl halides is 1. The minimum absolute atomic E-state index is 0.00862. The third kappa shape index (κ3) is 6.60. The Hall–Kier alpha value is -0.890. The minimum Gasteiger partial charge on any atom is -0.497 e. The molecule has 0 N–H and O–H groups in total. The van der Waals surface area contributed by atoms with Gasteiger partial charge in [0.1, 0.15) is 11.5 Å². The van der Waals surface area contributed by atoms with Gasteiger partial charge >= 0.3 is 0 Å². The molecule has 0 saturated heterocycles. The van der Waals surface area contributed by atoms with Crippen molar-refractivity contribution in [2.75, 3.05) is 14.2 Å². The molecule has 1 aromatic rings. The molecule has 0 aliphatic heterocycles. The maximum atomic E-state index is 6.55. The summed E-state index contributed by atoms with van der Waals surface area (Å²) in [6.45, 7) is 2.25. The van der Waals surface area contributed by atoms with Crippen LogP contribution in [0.15, 0.2) is 18.2 Å². The Labute approximate surface area is 134 Å². The first-order valence-corrected chi connectivity index (χ1v) is 8.52. The zero-order valence-electron chi connectivity index (χ0n) is 13.7. The van der Waals surface area contributed by atoms with E-state index >= 15 is 0 Å². The van der Waals surface area contributed by atoms with Crippen molar-refractivity contribution in [3.8, 4) is 11.5 Å². The van der Waals surface area contributed by atoms with E-state index in [0.29, 0.717) is 0 Å². The fourth-order valence-electron chi connectivity index (χ4n) is 2.52. The summed E-state index contributed by atoms with van der Waals surface area (Å²) in [5, 5.41) is -0.00862. The summed E-state index contributed by atoms with van der Waals surface area (Å²) in [5.41, 5.74) is 1.03. The van der Waals surface area contributed by atoms with Gasteiger partial charge in [-0.3, -0.25) is 0 Å². The number of hydrogen-bond donors (Lipinski definition) is 0. The molecule has 3 heteroatoms. The summed E-state index contributed by atoms with van der Waals surface area (Å²) in [6.07, 6.45) is 10.1. The highest BCUT2D eigenvalue weighted by atomic mass is 35.5. The van der Waals surface area contributed by atoms with Crippen LogP contribution in [0, 0.1) is 0 Å². The summed E-state index contributed by atoms with van der Waals surface area (Å²) in [6, 6.07) is 5.81. The lowest BCUT2D eigenvalue weighted by Crippen LogP contribution is -1.97. The third-order valence-corrected chi connectivity index (χ3v) is 4.29. The van der Waals surface area contributed by atoms with Crippen LogP contribution in [0.25, 0.3) is 0 Å². The van der Waals surface area contributed by atoms with Crippen molar-refractivity contribution in [2.24, 2.45) is 0 Å². The summed E-state index contributed by atoms with van der Waals surface area (Å²) in [7, 11) is 3.35. The lowest BCUT2D eigenvalue weighted by molar-refractivity contribution is 0.397. The van der Waals surface area contributed by atoms with Crippen molar-refractivity contribution in [3.63, 3.8) is 0 Å². The van der Waals surface area contributed by atoms with E-state index in [0.717, 1.165) is 23.5 Å². The van der Waals surface area contributed by atoms with Crippen LogP contribution in [0.2, 0.25) is 0 Å². The third-order valence-electron chi connectivity index (χ3n) is 3.84. The van der Waals surface area contributed by atoms with Gasteiger partial charge in [0, 0.05) is 5.56 Å². The van der Waals surface area contributed by atoms with E-state index in [4.69, 9.17) is 21.1 Å². The maximum Gasteiger partial charge on any atom is 0.123 e. The number of unbranched alkanes of at least 4 members (excludes halogenated alkanes) is 6. The smallest absolute Gasteiger partial charge is 0.123 e. The Kier molecular flexibility index (Phi) is 9.32. The summed E-state index contributed by atoms with van der Waals surface area (Å²) in [5.74, 6) is 1.68. The molecule has 0 aliphatic carbocycles. The molecule has 0 radical (unpaired) electrons. The molecule has 0 spiro atoms. The van der Waals surface area contributed by atoms with Gasteiger partial charge in [-0.1, -0.05) is 51.9 Å². The number of benzene rings is 1. The van der Waals surface area contributed by atoms with E-state index in [9.17, 15) is 0 Å². The average molecular weight is 313 g/mol. The van der Waals surface area contributed by atoms with Crippen LogP contribution in [0.5, 0.6) is 11.5 Å². The predicted octanol–water partition coefficient (Wildman–Crippen LogP) is 6.12.